The number of rotatable bonds is 12. The molecule has 0 bridgehead atoms. The molecule has 0 saturated carbocycles. The smallest absolute Gasteiger partial charge is 0.154 e. The number of ether oxygens (including phenoxy) is 2. The molecule has 0 aromatic carbocycles. The van der Waals surface area contributed by atoms with Crippen LogP contribution in [0.4, 0.5) is 0 Å². The van der Waals surface area contributed by atoms with E-state index >= 15 is 0 Å². The van der Waals surface area contributed by atoms with Crippen molar-refractivity contribution in [1.82, 2.24) is 5.32 Å². The van der Waals surface area contributed by atoms with Crippen molar-refractivity contribution in [1.29, 1.82) is 0 Å². The molecule has 0 spiro atoms. The van der Waals surface area contributed by atoms with Crippen molar-refractivity contribution in [2.75, 3.05) is 26.3 Å². The third kappa shape index (κ3) is 10.9. The molecule has 0 aromatic rings. The van der Waals surface area contributed by atoms with Crippen molar-refractivity contribution in [2.24, 2.45) is 0 Å². The van der Waals surface area contributed by atoms with Crippen LogP contribution in [0.5, 0.6) is 0 Å². The maximum Gasteiger partial charge on any atom is 0.154 e. The molecule has 0 saturated heterocycles. The molecule has 0 amide bonds. The predicted molar refractivity (Wildman–Crippen MR) is 77.6 cm³/mol. The van der Waals surface area contributed by atoms with E-state index in [1.807, 2.05) is 13.8 Å². The third-order valence-electron chi connectivity index (χ3n) is 2.80. The van der Waals surface area contributed by atoms with Crippen LogP contribution in [0, 0.1) is 0 Å². The first kappa shape index (κ1) is 17.1. The fourth-order valence-corrected chi connectivity index (χ4v) is 3.34. The molecule has 3 nitrogen and oxygen atoms in total. The van der Waals surface area contributed by atoms with Gasteiger partial charge in [-0.05, 0) is 44.9 Å². The lowest BCUT2D eigenvalue weighted by molar-refractivity contribution is -0.123. The molecular weight excluding hydrogens is 230 g/mol. The lowest BCUT2D eigenvalue weighted by Gasteiger charge is -2.19. The summed E-state index contributed by atoms with van der Waals surface area (Å²) in [7, 11) is -0.0991. The summed E-state index contributed by atoms with van der Waals surface area (Å²) in [6.07, 6.45) is 2.61. The summed E-state index contributed by atoms with van der Waals surface area (Å²) >= 11 is 0. The molecule has 0 fully saturated rings. The molecule has 0 rings (SSSR count). The average Bonchev–Trinajstić information content (AvgIpc) is 2.32. The summed E-state index contributed by atoms with van der Waals surface area (Å²) in [4.78, 5) is 0. The van der Waals surface area contributed by atoms with Crippen LogP contribution < -0.4 is 5.32 Å². The van der Waals surface area contributed by atoms with Gasteiger partial charge in [-0.15, -0.1) is 0 Å². The van der Waals surface area contributed by atoms with Gasteiger partial charge in [0.05, 0.1) is 0 Å². The molecule has 0 aliphatic carbocycles. The lowest BCUT2D eigenvalue weighted by atomic mass is 10.3. The predicted octanol–water partition coefficient (Wildman–Crippen LogP) is 2.17. The highest BCUT2D eigenvalue weighted by atomic mass is 28.2. The zero-order chi connectivity index (χ0) is 12.9. The van der Waals surface area contributed by atoms with Gasteiger partial charge in [-0.3, -0.25) is 0 Å². The summed E-state index contributed by atoms with van der Waals surface area (Å²) in [5, 5.41) is 3.53. The van der Waals surface area contributed by atoms with Crippen molar-refractivity contribution in [3.8, 4) is 0 Å². The Balaban J connectivity index is 3.53. The highest BCUT2D eigenvalue weighted by Crippen LogP contribution is 2.08. The Morgan fingerprint density at radius 1 is 1.12 bits per heavy atom. The largest absolute Gasteiger partial charge is 0.353 e. The van der Waals surface area contributed by atoms with Gasteiger partial charge in [0, 0.05) is 22.7 Å². The molecule has 104 valence electrons. The zero-order valence-corrected chi connectivity index (χ0v) is 13.5. The van der Waals surface area contributed by atoms with E-state index < -0.39 is 0 Å². The normalized spacial score (nSPS) is 13.9. The van der Waals surface area contributed by atoms with Gasteiger partial charge in [-0.1, -0.05) is 20.3 Å². The van der Waals surface area contributed by atoms with Gasteiger partial charge in [0.2, 0.25) is 0 Å². The summed E-state index contributed by atoms with van der Waals surface area (Å²) in [5.41, 5.74) is 0.829. The Hall–Kier alpha value is 0.0969. The van der Waals surface area contributed by atoms with E-state index in [1.165, 1.54) is 12.8 Å². The number of nitrogens with one attached hydrogen (secondary N) is 1. The number of unbranched alkanes of at least 4 members (excludes halogenated alkanes) is 1. The first-order valence-corrected chi connectivity index (χ1v) is 9.00. The number of hydrogen-bond acceptors (Lipinski definition) is 3. The Bertz CT molecular complexity index is 152. The molecule has 0 aliphatic heterocycles. The van der Waals surface area contributed by atoms with Gasteiger partial charge in [0.1, 0.15) is 0 Å². The second-order valence-electron chi connectivity index (χ2n) is 4.58. The Morgan fingerprint density at radius 2 is 1.76 bits per heavy atom. The van der Waals surface area contributed by atoms with Crippen molar-refractivity contribution < 1.29 is 9.47 Å². The second-order valence-corrected chi connectivity index (χ2v) is 7.13. The zero-order valence-electron chi connectivity index (χ0n) is 12.1. The maximum absolute atomic E-state index is 5.57. The van der Waals surface area contributed by atoms with E-state index in [1.54, 1.807) is 0 Å². The first-order valence-electron chi connectivity index (χ1n) is 7.18. The Morgan fingerprint density at radius 3 is 2.29 bits per heavy atom. The van der Waals surface area contributed by atoms with Crippen LogP contribution in [0.15, 0.2) is 0 Å². The van der Waals surface area contributed by atoms with E-state index in [0.717, 1.165) is 37.9 Å². The van der Waals surface area contributed by atoms with E-state index in [2.05, 4.69) is 19.2 Å². The average molecular weight is 261 g/mol. The summed E-state index contributed by atoms with van der Waals surface area (Å²) in [6.45, 7) is 12.5. The van der Waals surface area contributed by atoms with Gasteiger partial charge in [0.15, 0.2) is 6.29 Å². The minimum atomic E-state index is -0.0991. The summed E-state index contributed by atoms with van der Waals surface area (Å²) in [5.74, 6) is 0. The molecular formula is C13H31NO2Si. The van der Waals surface area contributed by atoms with Crippen LogP contribution in [0.2, 0.25) is 11.6 Å². The SMILES string of the molecule is CCCCNCC(C)[SiH2]CC(OCC)OCC. The van der Waals surface area contributed by atoms with E-state index in [4.69, 9.17) is 9.47 Å². The van der Waals surface area contributed by atoms with Crippen LogP contribution >= 0.6 is 0 Å². The lowest BCUT2D eigenvalue weighted by Crippen LogP contribution is -2.25. The summed E-state index contributed by atoms with van der Waals surface area (Å²) in [6, 6.07) is 1.14. The van der Waals surface area contributed by atoms with Crippen molar-refractivity contribution in [3.05, 3.63) is 0 Å². The highest BCUT2D eigenvalue weighted by Gasteiger charge is 2.11. The molecule has 0 aliphatic rings. The van der Waals surface area contributed by atoms with Crippen LogP contribution in [0.3, 0.4) is 0 Å². The molecule has 0 radical (unpaired) electrons. The van der Waals surface area contributed by atoms with Gasteiger partial charge in [-0.2, -0.15) is 0 Å². The summed E-state index contributed by atoms with van der Waals surface area (Å²) < 4.78 is 11.1. The Kier molecular flexibility index (Phi) is 12.6. The van der Waals surface area contributed by atoms with Crippen molar-refractivity contribution in [3.63, 3.8) is 0 Å². The van der Waals surface area contributed by atoms with E-state index in [9.17, 15) is 0 Å². The third-order valence-corrected chi connectivity index (χ3v) is 4.88. The maximum atomic E-state index is 5.57. The van der Waals surface area contributed by atoms with Crippen molar-refractivity contribution >= 4 is 9.52 Å². The van der Waals surface area contributed by atoms with Crippen LogP contribution in [-0.4, -0.2) is 42.1 Å². The van der Waals surface area contributed by atoms with Gasteiger partial charge < -0.3 is 14.8 Å². The van der Waals surface area contributed by atoms with Crippen LogP contribution in [0.25, 0.3) is 0 Å². The van der Waals surface area contributed by atoms with Gasteiger partial charge in [0.25, 0.3) is 0 Å². The van der Waals surface area contributed by atoms with Gasteiger partial charge >= 0.3 is 0 Å². The molecule has 1 N–H and O–H groups in total. The second kappa shape index (κ2) is 12.6. The highest BCUT2D eigenvalue weighted by molar-refractivity contribution is 6.37. The first-order chi connectivity index (χ1) is 8.24. The van der Waals surface area contributed by atoms with E-state index in [0.29, 0.717) is 0 Å². The minimum Gasteiger partial charge on any atom is -0.353 e. The molecule has 1 atom stereocenters. The minimum absolute atomic E-state index is 0.0507. The standard InChI is InChI=1S/C13H31NO2Si/c1-5-8-9-14-10-12(4)17-11-13(15-6-2)16-7-3/h12-14H,5-11,17H2,1-4H3. The van der Waals surface area contributed by atoms with Gasteiger partial charge in [-0.25, -0.2) is 0 Å². The Labute approximate surface area is 109 Å². The molecule has 1 unspecified atom stereocenters. The monoisotopic (exact) mass is 261 g/mol. The van der Waals surface area contributed by atoms with Crippen LogP contribution in [-0.2, 0) is 9.47 Å². The topological polar surface area (TPSA) is 30.5 Å². The van der Waals surface area contributed by atoms with Crippen molar-refractivity contribution in [2.45, 2.75) is 58.4 Å². The van der Waals surface area contributed by atoms with Crippen LogP contribution in [0.1, 0.15) is 40.5 Å². The fraction of sp³-hybridized carbons (Fsp3) is 1.00. The number of hydrogen-bond donors (Lipinski definition) is 1. The molecule has 0 heterocycles. The quantitative estimate of drug-likeness (QED) is 0.332. The molecule has 4 heteroatoms. The van der Waals surface area contributed by atoms with E-state index in [-0.39, 0.29) is 15.8 Å². The molecule has 17 heavy (non-hydrogen) atoms. The fourth-order valence-electron chi connectivity index (χ4n) is 1.76. The molecule has 0 aromatic heterocycles.